The van der Waals surface area contributed by atoms with Gasteiger partial charge in [-0.15, -0.1) is 0 Å². The van der Waals surface area contributed by atoms with Gasteiger partial charge in [-0.25, -0.2) is 0 Å². The number of carbonyl (C=O) groups is 3. The van der Waals surface area contributed by atoms with Crippen molar-refractivity contribution >= 4 is 23.4 Å². The van der Waals surface area contributed by atoms with Crippen LogP contribution in [0.4, 0.5) is 5.69 Å². The number of hydrogen-bond acceptors (Lipinski definition) is 5. The fourth-order valence-corrected chi connectivity index (χ4v) is 4.03. The van der Waals surface area contributed by atoms with Gasteiger partial charge in [0.05, 0.1) is 18.4 Å². The number of hydrogen-bond donors (Lipinski definition) is 1. The summed E-state index contributed by atoms with van der Waals surface area (Å²) in [7, 11) is 3.36. The molecule has 1 saturated carbocycles. The first kappa shape index (κ1) is 27.0. The minimum absolute atomic E-state index is 0.0691. The van der Waals surface area contributed by atoms with E-state index >= 15 is 0 Å². The number of ether oxygens (including phenoxy) is 1. The van der Waals surface area contributed by atoms with Gasteiger partial charge in [0.15, 0.2) is 0 Å². The van der Waals surface area contributed by atoms with Crippen molar-refractivity contribution in [1.82, 2.24) is 9.80 Å². The van der Waals surface area contributed by atoms with Crippen molar-refractivity contribution in [1.29, 1.82) is 0 Å². The number of allylic oxidation sites excluding steroid dienone is 4. The zero-order chi connectivity index (χ0) is 26.4. The summed E-state index contributed by atoms with van der Waals surface area (Å²) in [5.74, 6) is 1.61. The summed E-state index contributed by atoms with van der Waals surface area (Å²) in [5, 5.41) is 9.04. The van der Waals surface area contributed by atoms with Crippen LogP contribution in [0.15, 0.2) is 54.5 Å². The number of amides is 3. The minimum Gasteiger partial charge on any atom is -0.508 e. The Morgan fingerprint density at radius 1 is 1.25 bits per heavy atom. The monoisotopic (exact) mass is 495 g/mol. The maximum atomic E-state index is 12.7. The highest BCUT2D eigenvalue weighted by Crippen LogP contribution is 2.36. The summed E-state index contributed by atoms with van der Waals surface area (Å²) < 4.78 is 5.43. The van der Waals surface area contributed by atoms with Gasteiger partial charge in [-0.05, 0) is 75.0 Å². The predicted octanol–water partition coefficient (Wildman–Crippen LogP) is 4.36. The van der Waals surface area contributed by atoms with Crippen LogP contribution < -0.4 is 4.90 Å². The highest BCUT2D eigenvalue weighted by molar-refractivity contribution is 6.03. The summed E-state index contributed by atoms with van der Waals surface area (Å²) in [5.41, 5.74) is 2.28. The molecule has 2 heterocycles. The molecule has 1 aromatic carbocycles. The molecule has 0 radical (unpaired) electrons. The van der Waals surface area contributed by atoms with Crippen LogP contribution >= 0.6 is 0 Å². The number of aliphatic hydroxyl groups excluding tert-OH is 1. The van der Waals surface area contributed by atoms with Gasteiger partial charge in [-0.1, -0.05) is 12.6 Å². The van der Waals surface area contributed by atoms with Crippen LogP contribution in [-0.2, 0) is 14.3 Å². The number of carbonyl (C=O) groups excluding carboxylic acids is 3. The van der Waals surface area contributed by atoms with Crippen LogP contribution in [0.1, 0.15) is 61.5 Å². The van der Waals surface area contributed by atoms with E-state index in [2.05, 4.69) is 6.58 Å². The second kappa shape index (κ2) is 11.9. The van der Waals surface area contributed by atoms with Crippen LogP contribution in [0.3, 0.4) is 0 Å². The van der Waals surface area contributed by atoms with Gasteiger partial charge >= 0.3 is 0 Å². The molecule has 0 spiro atoms. The summed E-state index contributed by atoms with van der Waals surface area (Å²) in [4.78, 5) is 41.3. The van der Waals surface area contributed by atoms with Crippen LogP contribution in [0.25, 0.3) is 0 Å². The molecule has 1 atom stereocenters. The molecule has 2 fully saturated rings. The van der Waals surface area contributed by atoms with E-state index in [9.17, 15) is 14.4 Å². The van der Waals surface area contributed by atoms with Crippen molar-refractivity contribution in [3.05, 3.63) is 65.7 Å². The number of rotatable bonds is 8. The van der Waals surface area contributed by atoms with Crippen molar-refractivity contribution in [2.24, 2.45) is 5.92 Å². The first-order chi connectivity index (χ1) is 17.1. The Bertz CT molecular complexity index is 1070. The SMILES string of the molecule is C=C/C(O)=C\C=C(/C)OCC1CC1.CC1c2ccc(N3CCCC3=O)cc2C(=O)N1CC(=O)N(C)C. The van der Waals surface area contributed by atoms with E-state index in [1.165, 1.54) is 23.8 Å². The van der Waals surface area contributed by atoms with Crippen LogP contribution in [0.2, 0.25) is 0 Å². The Hall–Kier alpha value is -3.55. The van der Waals surface area contributed by atoms with E-state index in [0.717, 1.165) is 36.0 Å². The molecule has 8 nitrogen and oxygen atoms in total. The van der Waals surface area contributed by atoms with E-state index in [1.807, 2.05) is 26.0 Å². The molecule has 1 saturated heterocycles. The van der Waals surface area contributed by atoms with Gasteiger partial charge in [0.1, 0.15) is 12.3 Å². The third kappa shape index (κ3) is 6.77. The third-order valence-corrected chi connectivity index (χ3v) is 6.58. The minimum atomic E-state index is -0.142. The maximum Gasteiger partial charge on any atom is 0.255 e. The molecule has 1 unspecified atom stereocenters. The highest BCUT2D eigenvalue weighted by Gasteiger charge is 2.36. The van der Waals surface area contributed by atoms with Gasteiger partial charge in [0.25, 0.3) is 5.91 Å². The zero-order valence-corrected chi connectivity index (χ0v) is 21.7. The fourth-order valence-electron chi connectivity index (χ4n) is 4.03. The molecule has 3 aliphatic rings. The maximum absolute atomic E-state index is 12.7. The Labute approximate surface area is 213 Å². The predicted molar refractivity (Wildman–Crippen MR) is 140 cm³/mol. The normalized spacial score (nSPS) is 19.6. The van der Waals surface area contributed by atoms with E-state index in [-0.39, 0.29) is 36.1 Å². The topological polar surface area (TPSA) is 90.4 Å². The number of fused-ring (bicyclic) bond motifs is 1. The van der Waals surface area contributed by atoms with Crippen LogP contribution in [0.5, 0.6) is 0 Å². The summed E-state index contributed by atoms with van der Waals surface area (Å²) in [6.45, 7) is 8.82. The number of benzene rings is 1. The van der Waals surface area contributed by atoms with E-state index < -0.39 is 0 Å². The van der Waals surface area contributed by atoms with Crippen molar-refractivity contribution in [2.75, 3.05) is 38.7 Å². The molecule has 1 aliphatic carbocycles. The average Bonchev–Trinajstić information content (AvgIpc) is 3.56. The fraction of sp³-hybridized carbons (Fsp3) is 0.464. The lowest BCUT2D eigenvalue weighted by atomic mass is 10.0. The van der Waals surface area contributed by atoms with Crippen LogP contribution in [-0.4, -0.2) is 66.4 Å². The van der Waals surface area contributed by atoms with E-state index in [4.69, 9.17) is 9.84 Å². The van der Waals surface area contributed by atoms with E-state index in [0.29, 0.717) is 18.5 Å². The summed E-state index contributed by atoms with van der Waals surface area (Å²) >= 11 is 0. The average molecular weight is 496 g/mol. The first-order valence-corrected chi connectivity index (χ1v) is 12.4. The molecule has 2 aliphatic heterocycles. The molecule has 4 rings (SSSR count). The quantitative estimate of drug-likeness (QED) is 0.427. The number of aliphatic hydroxyl groups is 1. The molecule has 0 aromatic heterocycles. The van der Waals surface area contributed by atoms with Gasteiger partial charge in [0.2, 0.25) is 11.8 Å². The van der Waals surface area contributed by atoms with Crippen molar-refractivity contribution in [3.63, 3.8) is 0 Å². The second-order valence-corrected chi connectivity index (χ2v) is 9.65. The second-order valence-electron chi connectivity index (χ2n) is 9.65. The first-order valence-electron chi connectivity index (χ1n) is 12.4. The zero-order valence-electron chi connectivity index (χ0n) is 21.7. The molecular weight excluding hydrogens is 458 g/mol. The van der Waals surface area contributed by atoms with Gasteiger partial charge in [0, 0.05) is 38.3 Å². The lowest BCUT2D eigenvalue weighted by Crippen LogP contribution is -2.38. The Kier molecular flexibility index (Phi) is 8.96. The smallest absolute Gasteiger partial charge is 0.255 e. The lowest BCUT2D eigenvalue weighted by molar-refractivity contribution is -0.129. The Morgan fingerprint density at radius 3 is 2.56 bits per heavy atom. The van der Waals surface area contributed by atoms with Gasteiger partial charge < -0.3 is 24.5 Å². The highest BCUT2D eigenvalue weighted by atomic mass is 16.5. The molecule has 8 heteroatoms. The molecular formula is C28H37N3O5. The van der Waals surface area contributed by atoms with Gasteiger partial charge in [-0.3, -0.25) is 14.4 Å². The Balaban J connectivity index is 0.000000236. The number of nitrogens with zero attached hydrogens (tertiary/aromatic N) is 3. The Morgan fingerprint density at radius 2 is 1.97 bits per heavy atom. The van der Waals surface area contributed by atoms with Gasteiger partial charge in [-0.2, -0.15) is 0 Å². The lowest BCUT2D eigenvalue weighted by Gasteiger charge is -2.23. The molecule has 36 heavy (non-hydrogen) atoms. The largest absolute Gasteiger partial charge is 0.508 e. The third-order valence-electron chi connectivity index (χ3n) is 6.58. The van der Waals surface area contributed by atoms with Crippen molar-refractivity contribution in [3.8, 4) is 0 Å². The number of anilines is 1. The standard InChI is InChI=1S/C17H21N3O3.C11H16O2/c1-11-13-7-6-12(19-8-4-5-15(19)21)9-14(13)17(23)20(11)10-16(22)18(2)3;1-3-11(12)7-4-9(2)13-8-10-5-6-10/h6-7,9,11H,4-5,8,10H2,1-3H3;3-4,7,10,12H,1,5-6,8H2,2H3/b;9-4+,11-7+. The molecule has 1 aromatic rings. The summed E-state index contributed by atoms with van der Waals surface area (Å²) in [6.07, 6.45) is 8.72. The number of likely N-dealkylation sites (N-methyl/N-ethyl adjacent to an activating group) is 1. The van der Waals surface area contributed by atoms with Crippen molar-refractivity contribution < 1.29 is 24.2 Å². The van der Waals surface area contributed by atoms with Crippen LogP contribution in [0, 0.1) is 5.92 Å². The summed E-state index contributed by atoms with van der Waals surface area (Å²) in [6, 6.07) is 5.45. The van der Waals surface area contributed by atoms with E-state index in [1.54, 1.807) is 42.1 Å². The molecule has 0 bridgehead atoms. The molecule has 3 amide bonds. The molecule has 1 N–H and O–H groups in total. The molecule has 194 valence electrons. The van der Waals surface area contributed by atoms with Crippen molar-refractivity contribution in [2.45, 2.75) is 45.6 Å².